The van der Waals surface area contributed by atoms with Crippen molar-refractivity contribution < 1.29 is 4.74 Å². The summed E-state index contributed by atoms with van der Waals surface area (Å²) in [5.74, 6) is 0.931. The molecule has 0 bridgehead atoms. The molecule has 4 rings (SSSR count). The van der Waals surface area contributed by atoms with Crippen LogP contribution in [0.15, 0.2) is 48.5 Å². The summed E-state index contributed by atoms with van der Waals surface area (Å²) in [7, 11) is 1.73. The molecule has 2 aromatic carbocycles. The van der Waals surface area contributed by atoms with Crippen LogP contribution in [-0.4, -0.2) is 38.2 Å². The summed E-state index contributed by atoms with van der Waals surface area (Å²) < 4.78 is 5.48. The smallest absolute Gasteiger partial charge is 0.126 e. The molecule has 1 unspecified atom stereocenters. The van der Waals surface area contributed by atoms with E-state index in [1.807, 2.05) is 12.1 Å². The molecule has 24 heavy (non-hydrogen) atoms. The zero-order chi connectivity index (χ0) is 16.4. The number of hydrogen-bond donors (Lipinski definition) is 1. The molecule has 2 saturated heterocycles. The molecule has 0 aliphatic carbocycles. The van der Waals surface area contributed by atoms with Gasteiger partial charge in [0.05, 0.1) is 7.11 Å². The molecular formula is C21H26N2O. The van der Waals surface area contributed by atoms with E-state index in [1.54, 1.807) is 7.11 Å². The van der Waals surface area contributed by atoms with Crippen LogP contribution in [0.25, 0.3) is 11.1 Å². The van der Waals surface area contributed by atoms with Gasteiger partial charge in [0.25, 0.3) is 0 Å². The number of nitrogens with one attached hydrogen (secondary N) is 1. The van der Waals surface area contributed by atoms with Crippen molar-refractivity contribution in [1.29, 1.82) is 0 Å². The second-order valence-electron chi connectivity index (χ2n) is 7.28. The van der Waals surface area contributed by atoms with E-state index in [9.17, 15) is 0 Å². The standard InChI is InChI=1S/C21H26N2O/c1-24-20-5-3-2-4-19(20)18-8-6-17(7-9-18)14-23-13-11-21(16-23)10-12-22-15-21/h2-9,22H,10-16H2,1H3. The first-order valence-electron chi connectivity index (χ1n) is 8.93. The normalized spacial score (nSPS) is 23.9. The lowest BCUT2D eigenvalue weighted by molar-refractivity contribution is 0.268. The highest BCUT2D eigenvalue weighted by Crippen LogP contribution is 2.36. The van der Waals surface area contributed by atoms with Crippen molar-refractivity contribution in [2.24, 2.45) is 5.41 Å². The van der Waals surface area contributed by atoms with Crippen molar-refractivity contribution in [3.05, 3.63) is 54.1 Å². The number of nitrogens with zero attached hydrogens (tertiary/aromatic N) is 1. The van der Waals surface area contributed by atoms with Crippen molar-refractivity contribution in [3.8, 4) is 16.9 Å². The van der Waals surface area contributed by atoms with E-state index in [4.69, 9.17) is 4.74 Å². The molecule has 3 nitrogen and oxygen atoms in total. The monoisotopic (exact) mass is 322 g/mol. The minimum atomic E-state index is 0.553. The summed E-state index contributed by atoms with van der Waals surface area (Å²) in [6.45, 7) is 5.94. The Labute approximate surface area is 144 Å². The average molecular weight is 322 g/mol. The number of para-hydroxylation sites is 1. The minimum absolute atomic E-state index is 0.553. The molecule has 3 heteroatoms. The Balaban J connectivity index is 1.45. The number of methoxy groups -OCH3 is 1. The molecule has 2 aromatic rings. The van der Waals surface area contributed by atoms with Crippen LogP contribution in [0.3, 0.4) is 0 Å². The van der Waals surface area contributed by atoms with Crippen molar-refractivity contribution in [3.63, 3.8) is 0 Å². The predicted molar refractivity (Wildman–Crippen MR) is 98.2 cm³/mol. The molecular weight excluding hydrogens is 296 g/mol. The lowest BCUT2D eigenvalue weighted by Gasteiger charge is -2.23. The lowest BCUT2D eigenvalue weighted by atomic mass is 9.86. The maximum atomic E-state index is 5.48. The SMILES string of the molecule is COc1ccccc1-c1ccc(CN2CCC3(CCNC3)C2)cc1. The highest BCUT2D eigenvalue weighted by Gasteiger charge is 2.39. The summed E-state index contributed by atoms with van der Waals surface area (Å²) in [5, 5.41) is 3.54. The molecule has 1 N–H and O–H groups in total. The Bertz CT molecular complexity index is 689. The van der Waals surface area contributed by atoms with Crippen LogP contribution >= 0.6 is 0 Å². The number of hydrogen-bond acceptors (Lipinski definition) is 3. The van der Waals surface area contributed by atoms with Gasteiger partial charge in [0, 0.05) is 25.2 Å². The lowest BCUT2D eigenvalue weighted by Crippen LogP contribution is -2.28. The molecule has 1 spiro atoms. The molecule has 1 atom stereocenters. The van der Waals surface area contributed by atoms with Crippen LogP contribution in [0.5, 0.6) is 5.75 Å². The maximum absolute atomic E-state index is 5.48. The first-order valence-corrected chi connectivity index (χ1v) is 8.93. The van der Waals surface area contributed by atoms with Crippen LogP contribution < -0.4 is 10.1 Å². The van der Waals surface area contributed by atoms with Gasteiger partial charge in [-0.05, 0) is 48.5 Å². The van der Waals surface area contributed by atoms with Gasteiger partial charge in [-0.1, -0.05) is 42.5 Å². The Hall–Kier alpha value is -1.84. The summed E-state index contributed by atoms with van der Waals surface area (Å²) in [4.78, 5) is 2.62. The van der Waals surface area contributed by atoms with E-state index < -0.39 is 0 Å². The van der Waals surface area contributed by atoms with Gasteiger partial charge in [0.1, 0.15) is 5.75 Å². The van der Waals surface area contributed by atoms with Crippen LogP contribution in [0.2, 0.25) is 0 Å². The zero-order valence-electron chi connectivity index (χ0n) is 14.4. The van der Waals surface area contributed by atoms with Crippen LogP contribution in [0.4, 0.5) is 0 Å². The van der Waals surface area contributed by atoms with Crippen LogP contribution in [-0.2, 0) is 6.54 Å². The summed E-state index contributed by atoms with van der Waals surface area (Å²) in [6.07, 6.45) is 2.69. The highest BCUT2D eigenvalue weighted by molar-refractivity contribution is 5.70. The molecule has 0 amide bonds. The number of benzene rings is 2. The topological polar surface area (TPSA) is 24.5 Å². The molecule has 0 aromatic heterocycles. The number of ether oxygens (including phenoxy) is 1. The fourth-order valence-electron chi connectivity index (χ4n) is 4.24. The van der Waals surface area contributed by atoms with Gasteiger partial charge < -0.3 is 10.1 Å². The Kier molecular flexibility index (Phi) is 4.30. The van der Waals surface area contributed by atoms with Crippen molar-refractivity contribution in [1.82, 2.24) is 10.2 Å². The molecule has 2 aliphatic rings. The number of rotatable bonds is 4. The summed E-state index contributed by atoms with van der Waals surface area (Å²) in [5.41, 5.74) is 4.33. The molecule has 2 fully saturated rings. The fourth-order valence-corrected chi connectivity index (χ4v) is 4.24. The van der Waals surface area contributed by atoms with Gasteiger partial charge in [0.2, 0.25) is 0 Å². The Morgan fingerprint density at radius 1 is 1.08 bits per heavy atom. The van der Waals surface area contributed by atoms with Gasteiger partial charge in [-0.15, -0.1) is 0 Å². The molecule has 126 valence electrons. The first kappa shape index (κ1) is 15.7. The van der Waals surface area contributed by atoms with Crippen LogP contribution in [0, 0.1) is 5.41 Å². The van der Waals surface area contributed by atoms with Gasteiger partial charge in [0.15, 0.2) is 0 Å². The third-order valence-electron chi connectivity index (χ3n) is 5.63. The van der Waals surface area contributed by atoms with E-state index >= 15 is 0 Å². The second-order valence-corrected chi connectivity index (χ2v) is 7.28. The zero-order valence-corrected chi connectivity index (χ0v) is 14.4. The average Bonchev–Trinajstić information content (AvgIpc) is 3.25. The van der Waals surface area contributed by atoms with Crippen LogP contribution in [0.1, 0.15) is 18.4 Å². The fraction of sp³-hybridized carbons (Fsp3) is 0.429. The summed E-state index contributed by atoms with van der Waals surface area (Å²) in [6, 6.07) is 17.2. The molecule has 0 saturated carbocycles. The number of likely N-dealkylation sites (tertiary alicyclic amines) is 1. The third-order valence-corrected chi connectivity index (χ3v) is 5.63. The third kappa shape index (κ3) is 3.06. The van der Waals surface area contributed by atoms with Crippen molar-refractivity contribution in [2.75, 3.05) is 33.3 Å². The van der Waals surface area contributed by atoms with E-state index in [2.05, 4.69) is 46.6 Å². The van der Waals surface area contributed by atoms with E-state index in [0.29, 0.717) is 5.41 Å². The van der Waals surface area contributed by atoms with Gasteiger partial charge in [-0.2, -0.15) is 0 Å². The Morgan fingerprint density at radius 2 is 1.92 bits per heavy atom. The van der Waals surface area contributed by atoms with E-state index in [0.717, 1.165) is 17.9 Å². The Morgan fingerprint density at radius 3 is 2.67 bits per heavy atom. The maximum Gasteiger partial charge on any atom is 0.126 e. The van der Waals surface area contributed by atoms with Crippen molar-refractivity contribution >= 4 is 0 Å². The first-order chi connectivity index (χ1) is 11.8. The van der Waals surface area contributed by atoms with Gasteiger partial charge >= 0.3 is 0 Å². The molecule has 2 heterocycles. The van der Waals surface area contributed by atoms with Crippen molar-refractivity contribution in [2.45, 2.75) is 19.4 Å². The predicted octanol–water partition coefficient (Wildman–Crippen LogP) is 3.55. The van der Waals surface area contributed by atoms with Gasteiger partial charge in [-0.25, -0.2) is 0 Å². The largest absolute Gasteiger partial charge is 0.496 e. The quantitative estimate of drug-likeness (QED) is 0.932. The van der Waals surface area contributed by atoms with E-state index in [1.165, 1.54) is 50.1 Å². The summed E-state index contributed by atoms with van der Waals surface area (Å²) >= 11 is 0. The highest BCUT2D eigenvalue weighted by atomic mass is 16.5. The molecule has 0 radical (unpaired) electrons. The second kappa shape index (κ2) is 6.58. The molecule has 2 aliphatic heterocycles. The van der Waals surface area contributed by atoms with E-state index in [-0.39, 0.29) is 0 Å². The van der Waals surface area contributed by atoms with Gasteiger partial charge in [-0.3, -0.25) is 4.90 Å². The minimum Gasteiger partial charge on any atom is -0.496 e.